The number of hydrogen-bond acceptors (Lipinski definition) is 5. The average molecular weight is 678 g/mol. The summed E-state index contributed by atoms with van der Waals surface area (Å²) in [5.74, 6) is -3.76. The van der Waals surface area contributed by atoms with Crippen molar-refractivity contribution in [3.8, 4) is 22.3 Å². The van der Waals surface area contributed by atoms with Crippen molar-refractivity contribution in [2.24, 2.45) is 0 Å². The molecule has 1 fully saturated rings. The minimum absolute atomic E-state index is 0.0787. The monoisotopic (exact) mass is 677 g/mol. The minimum Gasteiger partial charge on any atom is -0.337 e. The number of carbonyl (C=O) groups excluding carboxylic acids is 3. The number of rotatable bonds is 7. The van der Waals surface area contributed by atoms with E-state index in [4.69, 9.17) is 11.6 Å². The highest BCUT2D eigenvalue weighted by molar-refractivity contribution is 7.17. The van der Waals surface area contributed by atoms with E-state index in [-0.39, 0.29) is 52.3 Å². The van der Waals surface area contributed by atoms with Gasteiger partial charge in [-0.05, 0) is 61.8 Å². The lowest BCUT2D eigenvalue weighted by Gasteiger charge is -2.24. The zero-order valence-corrected chi connectivity index (χ0v) is 27.1. The van der Waals surface area contributed by atoms with Gasteiger partial charge in [0.2, 0.25) is 11.8 Å². The molecular formula is C34H28ClF3N5O3P. The zero-order valence-electron chi connectivity index (χ0n) is 25.2. The second kappa shape index (κ2) is 12.9. The fraction of sp³-hybridized carbons (Fsp3) is 0.206. The quantitative estimate of drug-likeness (QED) is 0.116. The molecule has 2 aromatic heterocycles. The molecule has 5 aromatic rings. The van der Waals surface area contributed by atoms with Gasteiger partial charge in [0.25, 0.3) is 0 Å². The number of halogens is 4. The molecule has 3 atom stereocenters. The van der Waals surface area contributed by atoms with E-state index in [0.717, 1.165) is 23.3 Å². The maximum atomic E-state index is 15.6. The van der Waals surface area contributed by atoms with Gasteiger partial charge < -0.3 is 14.8 Å². The van der Waals surface area contributed by atoms with Crippen LogP contribution in [0, 0.1) is 24.4 Å². The maximum absolute atomic E-state index is 15.6. The standard InChI is InChI=1S/C34H28ClF3N5O3P/c1-17(44)25-15-42(30-7-6-19(8-24(25)30)20-12-39-18(2)40-13-20)16-32(45)43-14-21(47)9-31(43)34(46)41-29-5-3-4-22(33(29)38)23-10-27(36)28(37)11-26(23)35/h3-8,10-13,15,21,31H,9,14,16,47H2,1-2H3,(H,41,46)/t21-,31?/m1/s1. The molecule has 0 radical (unpaired) electrons. The van der Waals surface area contributed by atoms with Gasteiger partial charge in [0, 0.05) is 58.3 Å². The first-order valence-electron chi connectivity index (χ1n) is 14.6. The molecule has 1 aliphatic heterocycles. The second-order valence-corrected chi connectivity index (χ2v) is 12.8. The van der Waals surface area contributed by atoms with Crippen LogP contribution in [0.15, 0.2) is 67.1 Å². The van der Waals surface area contributed by atoms with Crippen molar-refractivity contribution in [1.82, 2.24) is 19.4 Å². The number of amides is 2. The van der Waals surface area contributed by atoms with Crippen LogP contribution in [0.3, 0.4) is 0 Å². The molecule has 47 heavy (non-hydrogen) atoms. The Labute approximate surface area is 275 Å². The van der Waals surface area contributed by atoms with Gasteiger partial charge in [-0.1, -0.05) is 29.8 Å². The summed E-state index contributed by atoms with van der Waals surface area (Å²) in [6, 6.07) is 10.3. The Kier molecular flexibility index (Phi) is 8.87. The molecule has 0 saturated carbocycles. The van der Waals surface area contributed by atoms with Crippen molar-refractivity contribution in [3.05, 3.63) is 101 Å². The highest BCUT2D eigenvalue weighted by Gasteiger charge is 2.38. The lowest BCUT2D eigenvalue weighted by atomic mass is 10.0. The van der Waals surface area contributed by atoms with E-state index in [1.165, 1.54) is 30.0 Å². The summed E-state index contributed by atoms with van der Waals surface area (Å²) in [6.45, 7) is 3.37. The summed E-state index contributed by atoms with van der Waals surface area (Å²) in [4.78, 5) is 49.8. The van der Waals surface area contributed by atoms with Crippen LogP contribution in [0.1, 0.15) is 29.5 Å². The molecule has 6 rings (SSSR count). The van der Waals surface area contributed by atoms with Crippen LogP contribution in [-0.2, 0) is 16.1 Å². The summed E-state index contributed by atoms with van der Waals surface area (Å²) in [5.41, 5.74) is 2.19. The van der Waals surface area contributed by atoms with Gasteiger partial charge in [-0.3, -0.25) is 14.4 Å². The first-order valence-corrected chi connectivity index (χ1v) is 15.7. The number of aryl methyl sites for hydroxylation is 1. The molecule has 3 heterocycles. The molecule has 3 aromatic carbocycles. The number of carbonyl (C=O) groups is 3. The van der Waals surface area contributed by atoms with Gasteiger partial charge in [0.15, 0.2) is 23.2 Å². The normalized spacial score (nSPS) is 16.1. The number of nitrogens with zero attached hydrogens (tertiary/aromatic N) is 4. The van der Waals surface area contributed by atoms with Crippen LogP contribution in [0.2, 0.25) is 5.02 Å². The molecule has 8 nitrogen and oxygen atoms in total. The fourth-order valence-corrected chi connectivity index (χ4v) is 6.58. The number of hydrogen-bond donors (Lipinski definition) is 1. The first kappa shape index (κ1) is 32.3. The zero-order chi connectivity index (χ0) is 33.6. The third-order valence-corrected chi connectivity index (χ3v) is 8.99. The van der Waals surface area contributed by atoms with Gasteiger partial charge in [-0.15, -0.1) is 9.24 Å². The SMILES string of the molecule is CC(=O)c1cn(CC(=O)N2C[C@H](P)CC2C(=O)Nc2cccc(-c3cc(F)c(F)cc3Cl)c2F)c2ccc(-c3cnc(C)nc3)cc12. The van der Waals surface area contributed by atoms with Gasteiger partial charge in [0.05, 0.1) is 10.7 Å². The van der Waals surface area contributed by atoms with E-state index in [9.17, 15) is 23.2 Å². The van der Waals surface area contributed by atoms with Crippen LogP contribution >= 0.6 is 20.8 Å². The van der Waals surface area contributed by atoms with Crippen LogP contribution in [0.25, 0.3) is 33.2 Å². The number of Topliss-reactive ketones (excluding diaryl/α,β-unsaturated/α-hetero) is 1. The second-order valence-electron chi connectivity index (χ2n) is 11.4. The van der Waals surface area contributed by atoms with Crippen molar-refractivity contribution in [2.75, 3.05) is 11.9 Å². The molecule has 2 amide bonds. The molecule has 13 heteroatoms. The predicted molar refractivity (Wildman–Crippen MR) is 177 cm³/mol. The van der Waals surface area contributed by atoms with Crippen molar-refractivity contribution in [3.63, 3.8) is 0 Å². The molecule has 1 saturated heterocycles. The van der Waals surface area contributed by atoms with Crippen LogP contribution in [0.4, 0.5) is 18.9 Å². The Bertz CT molecular complexity index is 2070. The number of likely N-dealkylation sites (tertiary alicyclic amines) is 1. The average Bonchev–Trinajstić information content (AvgIpc) is 3.61. The fourth-order valence-electron chi connectivity index (χ4n) is 5.84. The Balaban J connectivity index is 1.25. The Morgan fingerprint density at radius 1 is 1.00 bits per heavy atom. The van der Waals surface area contributed by atoms with Gasteiger partial charge >= 0.3 is 0 Å². The highest BCUT2D eigenvalue weighted by atomic mass is 35.5. The van der Waals surface area contributed by atoms with Crippen molar-refractivity contribution >= 4 is 55.0 Å². The Morgan fingerprint density at radius 2 is 1.72 bits per heavy atom. The summed E-state index contributed by atoms with van der Waals surface area (Å²) < 4.78 is 44.8. The van der Waals surface area contributed by atoms with Gasteiger partial charge in [-0.25, -0.2) is 23.1 Å². The number of aromatic nitrogens is 3. The third kappa shape index (κ3) is 6.38. The third-order valence-electron chi connectivity index (χ3n) is 8.19. The van der Waals surface area contributed by atoms with E-state index >= 15 is 4.39 Å². The van der Waals surface area contributed by atoms with E-state index in [2.05, 4.69) is 24.5 Å². The molecule has 240 valence electrons. The number of anilines is 1. The van der Waals surface area contributed by atoms with Crippen LogP contribution < -0.4 is 5.32 Å². The predicted octanol–water partition coefficient (Wildman–Crippen LogP) is 6.83. The molecule has 1 aliphatic rings. The van der Waals surface area contributed by atoms with Crippen molar-refractivity contribution in [2.45, 2.75) is 38.5 Å². The smallest absolute Gasteiger partial charge is 0.247 e. The summed E-state index contributed by atoms with van der Waals surface area (Å²) in [5, 5.41) is 3.03. The lowest BCUT2D eigenvalue weighted by molar-refractivity contribution is -0.137. The van der Waals surface area contributed by atoms with Crippen molar-refractivity contribution < 1.29 is 27.6 Å². The van der Waals surface area contributed by atoms with Crippen LogP contribution in [0.5, 0.6) is 0 Å². The van der Waals surface area contributed by atoms with E-state index in [1.54, 1.807) is 30.1 Å². The maximum Gasteiger partial charge on any atom is 0.247 e. The lowest BCUT2D eigenvalue weighted by Crippen LogP contribution is -2.44. The summed E-state index contributed by atoms with van der Waals surface area (Å²) >= 11 is 6.07. The summed E-state index contributed by atoms with van der Waals surface area (Å²) in [7, 11) is 2.62. The Hall–Kier alpha value is -4.60. The van der Waals surface area contributed by atoms with Gasteiger partial charge in [-0.2, -0.15) is 0 Å². The minimum atomic E-state index is -1.20. The number of fused-ring (bicyclic) bond motifs is 1. The molecular weight excluding hydrogens is 650 g/mol. The molecule has 0 aliphatic carbocycles. The largest absolute Gasteiger partial charge is 0.337 e. The number of ketones is 1. The highest BCUT2D eigenvalue weighted by Crippen LogP contribution is 2.35. The van der Waals surface area contributed by atoms with E-state index in [1.807, 2.05) is 18.2 Å². The van der Waals surface area contributed by atoms with E-state index < -0.39 is 29.4 Å². The Morgan fingerprint density at radius 3 is 2.45 bits per heavy atom. The van der Waals surface area contributed by atoms with Crippen LogP contribution in [-0.4, -0.2) is 55.3 Å². The first-order chi connectivity index (χ1) is 22.4. The summed E-state index contributed by atoms with van der Waals surface area (Å²) in [6.07, 6.45) is 5.35. The molecule has 2 unspecified atom stereocenters. The number of benzene rings is 3. The molecule has 0 spiro atoms. The van der Waals surface area contributed by atoms with E-state index in [0.29, 0.717) is 28.7 Å². The molecule has 0 bridgehead atoms. The number of nitrogens with one attached hydrogen (secondary N) is 1. The van der Waals surface area contributed by atoms with Gasteiger partial charge in [0.1, 0.15) is 18.4 Å². The van der Waals surface area contributed by atoms with Crippen molar-refractivity contribution in [1.29, 1.82) is 0 Å². The topological polar surface area (TPSA) is 97.2 Å². The molecule has 1 N–H and O–H groups in total.